The first-order valence-corrected chi connectivity index (χ1v) is 8.06. The summed E-state index contributed by atoms with van der Waals surface area (Å²) in [5, 5.41) is 0.459. The van der Waals surface area contributed by atoms with Gasteiger partial charge in [-0.25, -0.2) is 4.39 Å². The van der Waals surface area contributed by atoms with Crippen LogP contribution in [0.25, 0.3) is 0 Å². The highest BCUT2D eigenvalue weighted by molar-refractivity contribution is 6.30. The Morgan fingerprint density at radius 2 is 1.72 bits per heavy atom. The first-order chi connectivity index (χ1) is 11.9. The first kappa shape index (κ1) is 18.8. The molecule has 6 heteroatoms. The van der Waals surface area contributed by atoms with Gasteiger partial charge in [-0.05, 0) is 43.3 Å². The Kier molecular flexibility index (Phi) is 6.42. The van der Waals surface area contributed by atoms with Crippen LogP contribution in [0.15, 0.2) is 48.5 Å². The lowest BCUT2D eigenvalue weighted by molar-refractivity contribution is -0.146. The molecule has 2 rings (SSSR count). The molecule has 0 aliphatic heterocycles. The Bertz CT molecular complexity index is 786. The maximum atomic E-state index is 13.9. The van der Waals surface area contributed by atoms with Gasteiger partial charge < -0.3 is 4.74 Å². The number of Topliss-reactive ketones (excluding diaryl/α,β-unsaturated/α-hetero) is 2. The van der Waals surface area contributed by atoms with Gasteiger partial charge in [0.2, 0.25) is 0 Å². The summed E-state index contributed by atoms with van der Waals surface area (Å²) in [7, 11) is 0. The van der Waals surface area contributed by atoms with Gasteiger partial charge in [0.25, 0.3) is 0 Å². The van der Waals surface area contributed by atoms with Crippen LogP contribution in [-0.2, 0) is 9.53 Å². The lowest BCUT2D eigenvalue weighted by Crippen LogP contribution is -2.29. The molecule has 0 aliphatic rings. The number of rotatable bonds is 7. The number of carbonyl (C=O) groups is 3. The molecule has 0 amide bonds. The summed E-state index contributed by atoms with van der Waals surface area (Å²) in [5.74, 6) is -4.21. The molecular weight excluding hydrogens is 347 g/mol. The summed E-state index contributed by atoms with van der Waals surface area (Å²) in [6.07, 6.45) is -0.409. The maximum Gasteiger partial charge on any atom is 0.317 e. The number of hydrogen-bond acceptors (Lipinski definition) is 4. The highest BCUT2D eigenvalue weighted by atomic mass is 35.5. The van der Waals surface area contributed by atoms with Crippen LogP contribution in [0, 0.1) is 11.7 Å². The van der Waals surface area contributed by atoms with E-state index in [9.17, 15) is 18.8 Å². The van der Waals surface area contributed by atoms with Crippen LogP contribution in [0.2, 0.25) is 5.02 Å². The molecule has 2 aromatic rings. The van der Waals surface area contributed by atoms with E-state index in [1.54, 1.807) is 6.92 Å². The number of ketones is 2. The number of benzene rings is 2. The van der Waals surface area contributed by atoms with Crippen molar-refractivity contribution in [2.24, 2.45) is 5.92 Å². The van der Waals surface area contributed by atoms with Crippen LogP contribution in [0.4, 0.5) is 4.39 Å². The van der Waals surface area contributed by atoms with Crippen LogP contribution in [-0.4, -0.2) is 24.1 Å². The average Bonchev–Trinajstić information content (AvgIpc) is 2.60. The number of carbonyl (C=O) groups excluding carboxylic acids is 3. The second kappa shape index (κ2) is 8.53. The van der Waals surface area contributed by atoms with E-state index in [1.165, 1.54) is 42.5 Å². The second-order valence-electron chi connectivity index (χ2n) is 5.28. The lowest BCUT2D eigenvalue weighted by Gasteiger charge is -2.14. The second-order valence-corrected chi connectivity index (χ2v) is 5.72. The van der Waals surface area contributed by atoms with Crippen molar-refractivity contribution in [1.29, 1.82) is 0 Å². The maximum absolute atomic E-state index is 13.9. The molecule has 0 fully saturated rings. The van der Waals surface area contributed by atoms with Crippen LogP contribution in [0.5, 0.6) is 0 Å². The van der Waals surface area contributed by atoms with Gasteiger partial charge in [-0.15, -0.1) is 0 Å². The van der Waals surface area contributed by atoms with Crippen LogP contribution in [0.3, 0.4) is 0 Å². The smallest absolute Gasteiger partial charge is 0.317 e. The number of halogens is 2. The van der Waals surface area contributed by atoms with E-state index in [-0.39, 0.29) is 12.2 Å². The van der Waals surface area contributed by atoms with Gasteiger partial charge in [0.1, 0.15) is 11.7 Å². The van der Waals surface area contributed by atoms with Crippen molar-refractivity contribution >= 4 is 29.1 Å². The van der Waals surface area contributed by atoms with Gasteiger partial charge in [-0.3, -0.25) is 14.4 Å². The summed E-state index contributed by atoms with van der Waals surface area (Å²) in [5.41, 5.74) is 0.0597. The monoisotopic (exact) mass is 362 g/mol. The number of esters is 1. The zero-order valence-electron chi connectivity index (χ0n) is 13.5. The molecule has 0 aliphatic carbocycles. The molecule has 0 bridgehead atoms. The van der Waals surface area contributed by atoms with Crippen LogP contribution < -0.4 is 0 Å². The van der Waals surface area contributed by atoms with Crippen molar-refractivity contribution in [2.45, 2.75) is 13.3 Å². The fourth-order valence-corrected chi connectivity index (χ4v) is 2.44. The lowest BCUT2D eigenvalue weighted by atomic mass is 9.90. The third-order valence-electron chi connectivity index (χ3n) is 3.58. The van der Waals surface area contributed by atoms with Crippen molar-refractivity contribution in [1.82, 2.24) is 0 Å². The van der Waals surface area contributed by atoms with Crippen molar-refractivity contribution < 1.29 is 23.5 Å². The Balaban J connectivity index is 2.28. The molecule has 0 N–H and O–H groups in total. The van der Waals surface area contributed by atoms with Gasteiger partial charge in [-0.2, -0.15) is 0 Å². The first-order valence-electron chi connectivity index (χ1n) is 7.68. The van der Waals surface area contributed by atoms with Crippen molar-refractivity contribution in [2.75, 3.05) is 6.61 Å². The zero-order valence-corrected chi connectivity index (χ0v) is 14.3. The number of ether oxygens (including phenoxy) is 1. The van der Waals surface area contributed by atoms with E-state index in [0.29, 0.717) is 10.6 Å². The van der Waals surface area contributed by atoms with Gasteiger partial charge in [-0.1, -0.05) is 23.7 Å². The van der Waals surface area contributed by atoms with Crippen molar-refractivity contribution in [3.63, 3.8) is 0 Å². The van der Waals surface area contributed by atoms with Crippen molar-refractivity contribution in [3.05, 3.63) is 70.5 Å². The third-order valence-corrected chi connectivity index (χ3v) is 3.83. The van der Waals surface area contributed by atoms with E-state index >= 15 is 0 Å². The normalized spacial score (nSPS) is 11.6. The van der Waals surface area contributed by atoms with Gasteiger partial charge in [0.05, 0.1) is 12.2 Å². The van der Waals surface area contributed by atoms with Crippen LogP contribution in [0.1, 0.15) is 34.1 Å². The fourth-order valence-electron chi connectivity index (χ4n) is 2.31. The Morgan fingerprint density at radius 3 is 2.32 bits per heavy atom. The highest BCUT2D eigenvalue weighted by Crippen LogP contribution is 2.20. The summed E-state index contributed by atoms with van der Waals surface area (Å²) in [6, 6.07) is 11.4. The minimum absolute atomic E-state index is 0.0506. The molecule has 0 aromatic heterocycles. The van der Waals surface area contributed by atoms with Crippen LogP contribution >= 0.6 is 11.6 Å². The summed E-state index contributed by atoms with van der Waals surface area (Å²) >= 11 is 5.78. The van der Waals surface area contributed by atoms with E-state index in [0.717, 1.165) is 6.07 Å². The van der Waals surface area contributed by atoms with Gasteiger partial charge in [0, 0.05) is 17.0 Å². The molecule has 1 unspecified atom stereocenters. The Labute approximate surface area is 149 Å². The predicted molar refractivity (Wildman–Crippen MR) is 91.3 cm³/mol. The topological polar surface area (TPSA) is 60.4 Å². The molecule has 0 saturated carbocycles. The summed E-state index contributed by atoms with van der Waals surface area (Å²) in [4.78, 5) is 37.1. The van der Waals surface area contributed by atoms with E-state index < -0.39 is 35.7 Å². The number of hydrogen-bond donors (Lipinski definition) is 0. The highest BCUT2D eigenvalue weighted by Gasteiger charge is 2.32. The summed E-state index contributed by atoms with van der Waals surface area (Å²) in [6.45, 7) is 1.64. The van der Waals surface area contributed by atoms with E-state index in [1.807, 2.05) is 0 Å². The van der Waals surface area contributed by atoms with E-state index in [4.69, 9.17) is 16.3 Å². The molecule has 1 atom stereocenters. The largest absolute Gasteiger partial charge is 0.465 e. The predicted octanol–water partition coefficient (Wildman–Crippen LogP) is 4.11. The fraction of sp³-hybridized carbons (Fsp3) is 0.211. The molecule has 130 valence electrons. The van der Waals surface area contributed by atoms with Gasteiger partial charge >= 0.3 is 5.97 Å². The minimum Gasteiger partial charge on any atom is -0.465 e. The molecule has 0 heterocycles. The standard InChI is InChI=1S/C19H16ClFO4/c1-2-25-19(24)15(18(23)14-5-3-4-6-16(14)21)11-17(22)12-7-9-13(20)10-8-12/h3-10,15H,2,11H2,1H3. The van der Waals surface area contributed by atoms with Crippen molar-refractivity contribution in [3.8, 4) is 0 Å². The molecule has 2 aromatic carbocycles. The third kappa shape index (κ3) is 4.73. The summed E-state index contributed by atoms with van der Waals surface area (Å²) < 4.78 is 18.8. The molecule has 0 radical (unpaired) electrons. The van der Waals surface area contributed by atoms with E-state index in [2.05, 4.69) is 0 Å². The quantitative estimate of drug-likeness (QED) is 0.422. The minimum atomic E-state index is -1.40. The Morgan fingerprint density at radius 1 is 1.08 bits per heavy atom. The Hall–Kier alpha value is -2.53. The molecule has 0 spiro atoms. The average molecular weight is 363 g/mol. The van der Waals surface area contributed by atoms with Gasteiger partial charge in [0.15, 0.2) is 11.6 Å². The molecular formula is C19H16ClFO4. The molecule has 4 nitrogen and oxygen atoms in total. The SMILES string of the molecule is CCOC(=O)C(CC(=O)c1ccc(Cl)cc1)C(=O)c1ccccc1F. The zero-order chi connectivity index (χ0) is 18.4. The molecule has 25 heavy (non-hydrogen) atoms. The molecule has 0 saturated heterocycles.